The molecule has 1 saturated heterocycles. The molecular formula is C22H30O6. The number of allylic oxidation sites excluding steroid dienone is 3. The van der Waals surface area contributed by atoms with E-state index >= 15 is 0 Å². The third-order valence-electron chi connectivity index (χ3n) is 5.42. The molecule has 4 atom stereocenters. The van der Waals surface area contributed by atoms with Crippen molar-refractivity contribution in [2.75, 3.05) is 0 Å². The third-order valence-corrected chi connectivity index (χ3v) is 5.42. The molecule has 0 N–H and O–H groups in total. The van der Waals surface area contributed by atoms with Crippen LogP contribution in [-0.2, 0) is 28.6 Å². The van der Waals surface area contributed by atoms with Crippen molar-refractivity contribution < 1.29 is 28.6 Å². The summed E-state index contributed by atoms with van der Waals surface area (Å²) in [4.78, 5) is 37.1. The average Bonchev–Trinajstić information content (AvgIpc) is 2.82. The number of hydrogen-bond acceptors (Lipinski definition) is 6. The van der Waals surface area contributed by atoms with Crippen LogP contribution in [0.1, 0.15) is 60.8 Å². The van der Waals surface area contributed by atoms with Crippen molar-refractivity contribution in [1.82, 2.24) is 0 Å². The molecule has 0 spiro atoms. The van der Waals surface area contributed by atoms with E-state index < -0.39 is 41.6 Å². The summed E-state index contributed by atoms with van der Waals surface area (Å²) < 4.78 is 16.9. The molecular weight excluding hydrogens is 360 g/mol. The lowest BCUT2D eigenvalue weighted by Crippen LogP contribution is -2.50. The highest BCUT2D eigenvalue weighted by Crippen LogP contribution is 2.42. The Morgan fingerprint density at radius 3 is 2.54 bits per heavy atom. The van der Waals surface area contributed by atoms with E-state index in [1.54, 1.807) is 26.8 Å². The van der Waals surface area contributed by atoms with Crippen LogP contribution >= 0.6 is 0 Å². The van der Waals surface area contributed by atoms with Crippen LogP contribution < -0.4 is 0 Å². The maximum Gasteiger partial charge on any atom is 0.351 e. The molecule has 1 fully saturated rings. The minimum absolute atomic E-state index is 0.393. The standard InChI is InChI=1S/C22H30O6/c1-7-15(4)20(24)28-22(6)19-17(26-16(5)23)11-13(2)9-8-10-14(3)12-18(19)27-21(22)25/h7,9,12,17-19H,8,10-11H2,1-6H3/b13-9-,14-12?,15-7-/t17-,18-,19+,22-/m0/s1. The Bertz CT molecular complexity index is 744. The maximum absolute atomic E-state index is 12.8. The Morgan fingerprint density at radius 2 is 1.93 bits per heavy atom. The Labute approximate surface area is 166 Å². The van der Waals surface area contributed by atoms with E-state index in [2.05, 4.69) is 6.08 Å². The topological polar surface area (TPSA) is 78.9 Å². The molecule has 0 amide bonds. The van der Waals surface area contributed by atoms with Gasteiger partial charge in [0, 0.05) is 18.9 Å². The predicted octanol–water partition coefficient (Wildman–Crippen LogP) is 3.80. The van der Waals surface area contributed by atoms with Gasteiger partial charge in [-0.3, -0.25) is 4.79 Å². The van der Waals surface area contributed by atoms with Gasteiger partial charge in [0.25, 0.3) is 0 Å². The molecule has 0 aromatic rings. The summed E-state index contributed by atoms with van der Waals surface area (Å²) in [6.45, 7) is 10.2. The van der Waals surface area contributed by atoms with Gasteiger partial charge in [0.05, 0.1) is 5.92 Å². The molecule has 0 unspecified atom stereocenters. The summed E-state index contributed by atoms with van der Waals surface area (Å²) in [5, 5.41) is 0. The van der Waals surface area contributed by atoms with Gasteiger partial charge in [-0.2, -0.15) is 0 Å². The molecule has 0 aromatic carbocycles. The average molecular weight is 390 g/mol. The molecule has 1 aliphatic heterocycles. The van der Waals surface area contributed by atoms with Crippen molar-refractivity contribution in [3.05, 3.63) is 34.9 Å². The molecule has 28 heavy (non-hydrogen) atoms. The summed E-state index contributed by atoms with van der Waals surface area (Å²) in [7, 11) is 0. The molecule has 0 radical (unpaired) electrons. The fourth-order valence-corrected chi connectivity index (χ4v) is 3.73. The van der Waals surface area contributed by atoms with Crippen LogP contribution in [0.5, 0.6) is 0 Å². The summed E-state index contributed by atoms with van der Waals surface area (Å²) in [5.41, 5.74) is 0.958. The van der Waals surface area contributed by atoms with Gasteiger partial charge < -0.3 is 14.2 Å². The predicted molar refractivity (Wildman–Crippen MR) is 104 cm³/mol. The van der Waals surface area contributed by atoms with Gasteiger partial charge in [0.2, 0.25) is 5.60 Å². The SMILES string of the molecule is C/C=C(/C)C(=O)O[C@]1(C)C(=O)O[C@H]2C=C(C)CC/C=C(/C)C[C@H](OC(C)=O)[C@H]21. The van der Waals surface area contributed by atoms with Gasteiger partial charge in [-0.1, -0.05) is 23.3 Å². The molecule has 1 heterocycles. The normalized spacial score (nSPS) is 33.0. The highest BCUT2D eigenvalue weighted by Gasteiger charge is 2.60. The van der Waals surface area contributed by atoms with Crippen molar-refractivity contribution in [3.63, 3.8) is 0 Å². The molecule has 0 aromatic heterocycles. The molecule has 1 aliphatic carbocycles. The molecule has 6 nitrogen and oxygen atoms in total. The Hall–Kier alpha value is -2.37. The first kappa shape index (κ1) is 21.9. The van der Waals surface area contributed by atoms with E-state index in [0.717, 1.165) is 24.0 Å². The van der Waals surface area contributed by atoms with Crippen molar-refractivity contribution in [2.45, 2.75) is 78.6 Å². The van der Waals surface area contributed by atoms with Crippen molar-refractivity contribution in [1.29, 1.82) is 0 Å². The van der Waals surface area contributed by atoms with Gasteiger partial charge >= 0.3 is 17.9 Å². The van der Waals surface area contributed by atoms with Crippen LogP contribution in [-0.4, -0.2) is 35.7 Å². The fourth-order valence-electron chi connectivity index (χ4n) is 3.73. The number of rotatable bonds is 3. The van der Waals surface area contributed by atoms with E-state index in [1.807, 2.05) is 19.9 Å². The lowest BCUT2D eigenvalue weighted by Gasteiger charge is -2.34. The Kier molecular flexibility index (Phi) is 6.86. The van der Waals surface area contributed by atoms with Crippen LogP contribution in [0, 0.1) is 5.92 Å². The largest absolute Gasteiger partial charge is 0.462 e. The van der Waals surface area contributed by atoms with Crippen LogP contribution in [0.2, 0.25) is 0 Å². The Morgan fingerprint density at radius 1 is 1.25 bits per heavy atom. The first-order chi connectivity index (χ1) is 13.1. The monoisotopic (exact) mass is 390 g/mol. The smallest absolute Gasteiger partial charge is 0.351 e. The zero-order valence-electron chi connectivity index (χ0n) is 17.5. The van der Waals surface area contributed by atoms with Crippen molar-refractivity contribution >= 4 is 17.9 Å². The molecule has 0 bridgehead atoms. The quantitative estimate of drug-likeness (QED) is 0.316. The molecule has 2 aliphatic rings. The zero-order valence-corrected chi connectivity index (χ0v) is 17.5. The number of fused-ring (bicyclic) bond motifs is 1. The number of carbonyl (C=O) groups excluding carboxylic acids is 3. The Balaban J connectivity index is 2.53. The van der Waals surface area contributed by atoms with Gasteiger partial charge in [-0.25, -0.2) is 9.59 Å². The number of ether oxygens (including phenoxy) is 3. The lowest BCUT2D eigenvalue weighted by molar-refractivity contribution is -0.175. The zero-order chi connectivity index (χ0) is 21.1. The van der Waals surface area contributed by atoms with Gasteiger partial charge in [0.1, 0.15) is 12.2 Å². The van der Waals surface area contributed by atoms with E-state index in [4.69, 9.17) is 14.2 Å². The highest BCUT2D eigenvalue weighted by molar-refractivity contribution is 5.92. The van der Waals surface area contributed by atoms with Crippen molar-refractivity contribution in [3.8, 4) is 0 Å². The summed E-state index contributed by atoms with van der Waals surface area (Å²) in [6, 6.07) is 0. The van der Waals surface area contributed by atoms with Crippen molar-refractivity contribution in [2.24, 2.45) is 5.92 Å². The van der Waals surface area contributed by atoms with E-state index in [-0.39, 0.29) is 0 Å². The van der Waals surface area contributed by atoms with E-state index in [9.17, 15) is 14.4 Å². The summed E-state index contributed by atoms with van der Waals surface area (Å²) in [6.07, 6.45) is 6.47. The third kappa shape index (κ3) is 4.72. The van der Waals surface area contributed by atoms with E-state index in [0.29, 0.717) is 12.0 Å². The summed E-state index contributed by atoms with van der Waals surface area (Å²) >= 11 is 0. The van der Waals surface area contributed by atoms with Crippen LogP contribution in [0.15, 0.2) is 34.9 Å². The number of hydrogen-bond donors (Lipinski definition) is 0. The lowest BCUT2D eigenvalue weighted by atomic mass is 9.79. The first-order valence-corrected chi connectivity index (χ1v) is 9.66. The first-order valence-electron chi connectivity index (χ1n) is 9.66. The van der Waals surface area contributed by atoms with Crippen LogP contribution in [0.3, 0.4) is 0 Å². The number of esters is 3. The molecule has 6 heteroatoms. The summed E-state index contributed by atoms with van der Waals surface area (Å²) in [5.74, 6) is -2.31. The van der Waals surface area contributed by atoms with Crippen LogP contribution in [0.4, 0.5) is 0 Å². The van der Waals surface area contributed by atoms with E-state index in [1.165, 1.54) is 6.92 Å². The minimum atomic E-state index is -1.55. The maximum atomic E-state index is 12.8. The van der Waals surface area contributed by atoms with Gasteiger partial charge in [0.15, 0.2) is 0 Å². The second-order valence-electron chi connectivity index (χ2n) is 7.82. The fraction of sp³-hybridized carbons (Fsp3) is 0.591. The molecule has 154 valence electrons. The molecule has 0 saturated carbocycles. The van der Waals surface area contributed by atoms with Gasteiger partial charge in [-0.15, -0.1) is 0 Å². The minimum Gasteiger partial charge on any atom is -0.462 e. The second-order valence-corrected chi connectivity index (χ2v) is 7.82. The second kappa shape index (κ2) is 8.76. The van der Waals surface area contributed by atoms with Gasteiger partial charge in [-0.05, 0) is 53.5 Å². The highest BCUT2D eigenvalue weighted by atomic mass is 16.6. The molecule has 2 rings (SSSR count). The van der Waals surface area contributed by atoms with Crippen LogP contribution in [0.25, 0.3) is 0 Å². The number of carbonyl (C=O) groups is 3.